The normalized spacial score (nSPS) is 27.1. The topological polar surface area (TPSA) is 166 Å². The van der Waals surface area contributed by atoms with Crippen molar-refractivity contribution in [1.82, 2.24) is 10.0 Å². The number of anilines is 1. The van der Waals surface area contributed by atoms with Crippen LogP contribution >= 0.6 is 0 Å². The molecule has 0 bridgehead atoms. The summed E-state index contributed by atoms with van der Waals surface area (Å²) in [7, 11) is -5.03. The van der Waals surface area contributed by atoms with Crippen LogP contribution in [0.1, 0.15) is 88.0 Å². The summed E-state index contributed by atoms with van der Waals surface area (Å²) in [5.41, 5.74) is -1.27. The molecule has 1 aromatic rings. The first kappa shape index (κ1) is 41.2. The zero-order valence-corrected chi connectivity index (χ0v) is 32.5. The van der Waals surface area contributed by atoms with Gasteiger partial charge in [-0.15, -0.1) is 0 Å². The molecule has 4 rings (SSSR count). The highest BCUT2D eigenvalue weighted by Crippen LogP contribution is 2.47. The molecule has 0 spiro atoms. The summed E-state index contributed by atoms with van der Waals surface area (Å²) in [5.74, 6) is -0.474. The second-order valence-electron chi connectivity index (χ2n) is 15.9. The monoisotopic (exact) mass is 736 g/mol. The molecule has 51 heavy (non-hydrogen) atoms. The van der Waals surface area contributed by atoms with Gasteiger partial charge in [0.1, 0.15) is 11.4 Å². The third kappa shape index (κ3) is 10.3. The first-order valence-corrected chi connectivity index (χ1v) is 19.4. The predicted molar refractivity (Wildman–Crippen MR) is 197 cm³/mol. The summed E-state index contributed by atoms with van der Waals surface area (Å²) < 4.78 is 73.4. The van der Waals surface area contributed by atoms with E-state index in [1.807, 2.05) is 41.5 Å². The first-order chi connectivity index (χ1) is 23.5. The molecule has 2 aliphatic heterocycles. The van der Waals surface area contributed by atoms with E-state index in [0.29, 0.717) is 43.4 Å². The zero-order chi connectivity index (χ0) is 38.0. The van der Waals surface area contributed by atoms with Crippen molar-refractivity contribution >= 4 is 47.2 Å². The van der Waals surface area contributed by atoms with E-state index >= 15 is 4.39 Å². The van der Waals surface area contributed by atoms with Gasteiger partial charge in [0, 0.05) is 18.8 Å². The van der Waals surface area contributed by atoms with Crippen molar-refractivity contribution in [3.63, 3.8) is 0 Å². The Morgan fingerprint density at radius 1 is 1.00 bits per heavy atom. The van der Waals surface area contributed by atoms with Crippen LogP contribution in [0.15, 0.2) is 34.7 Å². The highest BCUT2D eigenvalue weighted by atomic mass is 32.2. The van der Waals surface area contributed by atoms with Gasteiger partial charge in [-0.2, -0.15) is 0 Å². The summed E-state index contributed by atoms with van der Waals surface area (Å²) in [6.07, 6.45) is 4.52. The molecule has 2 heterocycles. The van der Waals surface area contributed by atoms with Gasteiger partial charge in [-0.25, -0.2) is 22.3 Å². The van der Waals surface area contributed by atoms with Crippen LogP contribution in [0.4, 0.5) is 14.9 Å². The minimum atomic E-state index is -3.54. The zero-order valence-electron chi connectivity index (χ0n) is 31.6. The quantitative estimate of drug-likeness (QED) is 0.174. The summed E-state index contributed by atoms with van der Waals surface area (Å²) in [5, 5.41) is 14.9. The number of carbonyl (C=O) groups is 1. The van der Waals surface area contributed by atoms with E-state index in [1.165, 1.54) is 6.07 Å². The van der Waals surface area contributed by atoms with Gasteiger partial charge >= 0.3 is 20.3 Å². The number of allylic oxidation sites excluding steroid dienone is 1. The molecule has 0 aromatic heterocycles. The fraction of sp³-hybridized carbons (Fsp3) is 0.706. The van der Waals surface area contributed by atoms with Gasteiger partial charge in [-0.3, -0.25) is 4.99 Å². The number of ether oxygens (including phenoxy) is 1. The van der Waals surface area contributed by atoms with Gasteiger partial charge in [0.05, 0.1) is 53.5 Å². The van der Waals surface area contributed by atoms with Crippen LogP contribution in [0.5, 0.6) is 0 Å². The summed E-state index contributed by atoms with van der Waals surface area (Å²) >= 11 is 0. The molecular formula is C34H55B2FN4O9S. The van der Waals surface area contributed by atoms with Gasteiger partial charge < -0.3 is 39.1 Å². The van der Waals surface area contributed by atoms with E-state index in [1.54, 1.807) is 39.0 Å². The lowest BCUT2D eigenvalue weighted by Crippen LogP contribution is -2.50. The Labute approximate surface area is 303 Å². The van der Waals surface area contributed by atoms with Crippen LogP contribution < -0.4 is 20.8 Å². The Bertz CT molecular complexity index is 1600. The van der Waals surface area contributed by atoms with Gasteiger partial charge in [-0.1, -0.05) is 12.1 Å². The number of alkyl carbamates (subject to hydrolysis) is 1. The number of sulfonamides is 1. The first-order valence-electron chi connectivity index (χ1n) is 17.5. The maximum absolute atomic E-state index is 15.2. The fourth-order valence-corrected chi connectivity index (χ4v) is 6.96. The lowest BCUT2D eigenvalue weighted by Gasteiger charge is -2.42. The SMILES string of the molecule is CC(C)(C)OC(=O)NCCNc1ccc(B2OC(C)(C)C(C)(CCC3(C)OB(C4=CC(NS(C)(=O)=O)C(=NCCO)CC4)OC3(C)C)O2)cc1F. The van der Waals surface area contributed by atoms with Crippen molar-refractivity contribution < 1.29 is 46.1 Å². The van der Waals surface area contributed by atoms with Crippen molar-refractivity contribution in [2.45, 2.75) is 122 Å². The Morgan fingerprint density at radius 2 is 1.61 bits per heavy atom. The summed E-state index contributed by atoms with van der Waals surface area (Å²) in [6.45, 7) is 17.8. The average Bonchev–Trinajstić information content (AvgIpc) is 3.39. The number of hydrogen-bond donors (Lipinski definition) is 4. The van der Waals surface area contributed by atoms with Crippen LogP contribution in [-0.2, 0) is 33.4 Å². The number of nitrogens with one attached hydrogen (secondary N) is 3. The Hall–Kier alpha value is -2.53. The molecule has 4 N–H and O–H groups in total. The molecule has 3 aliphatic rings. The molecule has 0 saturated carbocycles. The fourth-order valence-electron chi connectivity index (χ4n) is 6.29. The van der Waals surface area contributed by atoms with E-state index in [4.69, 9.17) is 23.4 Å². The number of nitrogens with zero attached hydrogens (tertiary/aromatic N) is 1. The number of amides is 1. The second-order valence-corrected chi connectivity index (χ2v) is 17.7. The van der Waals surface area contributed by atoms with Crippen LogP contribution in [0, 0.1) is 5.82 Å². The number of aliphatic hydroxyl groups excluding tert-OH is 1. The predicted octanol–water partition coefficient (Wildman–Crippen LogP) is 3.50. The molecule has 1 aromatic carbocycles. The van der Waals surface area contributed by atoms with Crippen LogP contribution in [0.2, 0.25) is 0 Å². The standard InChI is InChI=1S/C34H55B2FN4O9S/c1-30(2,3)46-29(43)40-18-17-38-26-13-11-23(21-25(26)37)35-47-31(4,5)33(8,49-35)15-16-34(9)32(6,7)48-36(50-34)24-12-14-27(39-19-20-42)28(22-24)41-51(10,44)45/h11,13,21-22,28,38,41-42H,12,14-20H2,1-10H3,(H,40,43). The Kier molecular flexibility index (Phi) is 12.5. The van der Waals surface area contributed by atoms with Crippen molar-refractivity contribution in [1.29, 1.82) is 0 Å². The highest BCUT2D eigenvalue weighted by molar-refractivity contribution is 7.88. The summed E-state index contributed by atoms with van der Waals surface area (Å²) in [4.78, 5) is 16.3. The molecule has 1 aliphatic carbocycles. The molecule has 2 fully saturated rings. The van der Waals surface area contributed by atoms with E-state index in [9.17, 15) is 18.3 Å². The van der Waals surface area contributed by atoms with Crippen molar-refractivity contribution in [2.24, 2.45) is 4.99 Å². The van der Waals surface area contributed by atoms with Gasteiger partial charge in [0.2, 0.25) is 10.0 Å². The second kappa shape index (κ2) is 15.4. The molecule has 3 atom stereocenters. The summed E-state index contributed by atoms with van der Waals surface area (Å²) in [6, 6.07) is 4.11. The van der Waals surface area contributed by atoms with E-state index in [0.717, 1.165) is 11.7 Å². The molecule has 17 heteroatoms. The van der Waals surface area contributed by atoms with Crippen LogP contribution in [0.3, 0.4) is 0 Å². The van der Waals surface area contributed by atoms with Gasteiger partial charge in [-0.05, 0) is 111 Å². The van der Waals surface area contributed by atoms with Crippen LogP contribution in [-0.4, -0.2) is 106 Å². The Morgan fingerprint density at radius 3 is 2.18 bits per heavy atom. The molecule has 3 unspecified atom stereocenters. The van der Waals surface area contributed by atoms with Crippen LogP contribution in [0.25, 0.3) is 0 Å². The largest absolute Gasteiger partial charge is 0.494 e. The lowest BCUT2D eigenvalue weighted by molar-refractivity contribution is -0.0576. The Balaban J connectivity index is 1.40. The number of carbonyl (C=O) groups excluding carboxylic acids is 1. The minimum Gasteiger partial charge on any atom is -0.444 e. The van der Waals surface area contributed by atoms with E-state index in [2.05, 4.69) is 20.3 Å². The van der Waals surface area contributed by atoms with Gasteiger partial charge in [0.15, 0.2) is 0 Å². The third-order valence-electron chi connectivity index (χ3n) is 10.0. The van der Waals surface area contributed by atoms with Gasteiger partial charge in [0.25, 0.3) is 0 Å². The number of benzene rings is 1. The minimum absolute atomic E-state index is 0.128. The molecule has 0 radical (unpaired) electrons. The van der Waals surface area contributed by atoms with Crippen molar-refractivity contribution in [2.75, 3.05) is 37.8 Å². The molecule has 1 amide bonds. The maximum Gasteiger partial charge on any atom is 0.494 e. The molecular weight excluding hydrogens is 681 g/mol. The number of aliphatic imine (C=N–C) groups is 1. The number of rotatable bonds is 13. The van der Waals surface area contributed by atoms with Crippen molar-refractivity contribution in [3.8, 4) is 0 Å². The third-order valence-corrected chi connectivity index (χ3v) is 10.7. The molecule has 13 nitrogen and oxygen atoms in total. The van der Waals surface area contributed by atoms with E-state index < -0.39 is 70.2 Å². The highest BCUT2D eigenvalue weighted by Gasteiger charge is 2.59. The average molecular weight is 737 g/mol. The maximum atomic E-state index is 15.2. The molecule has 284 valence electrons. The lowest BCUT2D eigenvalue weighted by atomic mass is 9.71. The van der Waals surface area contributed by atoms with Crippen molar-refractivity contribution in [3.05, 3.63) is 35.6 Å². The van der Waals surface area contributed by atoms with E-state index in [-0.39, 0.29) is 25.4 Å². The molecule has 2 saturated heterocycles. The number of hydrogen-bond acceptors (Lipinski definition) is 11. The number of halogens is 1. The smallest absolute Gasteiger partial charge is 0.444 e. The number of aliphatic hydroxyl groups is 1.